The second-order valence-corrected chi connectivity index (χ2v) is 4.31. The number of rotatable bonds is 4. The number of halogens is 1. The van der Waals surface area contributed by atoms with Crippen LogP contribution in [0.25, 0.3) is 0 Å². The molecule has 0 aliphatic carbocycles. The van der Waals surface area contributed by atoms with E-state index in [0.717, 1.165) is 16.3 Å². The summed E-state index contributed by atoms with van der Waals surface area (Å²) < 4.78 is 4.95. The first kappa shape index (κ1) is 12.8. The molecule has 1 aromatic carbocycles. The molecule has 0 radical (unpaired) electrons. The van der Waals surface area contributed by atoms with Crippen LogP contribution in [0.1, 0.15) is 17.3 Å². The van der Waals surface area contributed by atoms with Crippen molar-refractivity contribution in [1.29, 1.82) is 0 Å². The molecule has 0 aliphatic rings. The summed E-state index contributed by atoms with van der Waals surface area (Å²) in [5, 5.41) is 8.65. The first-order valence-corrected chi connectivity index (χ1v) is 5.95. The third kappa shape index (κ3) is 2.97. The van der Waals surface area contributed by atoms with Crippen LogP contribution < -0.4 is 10.5 Å². The lowest BCUT2D eigenvalue weighted by Gasteiger charge is -2.11. The van der Waals surface area contributed by atoms with Crippen LogP contribution in [-0.2, 0) is 6.42 Å². The number of aromatic nitrogens is 2. The summed E-state index contributed by atoms with van der Waals surface area (Å²) in [6.07, 6.45) is 0.626. The molecule has 0 spiro atoms. The van der Waals surface area contributed by atoms with E-state index >= 15 is 0 Å². The lowest BCUT2D eigenvalue weighted by atomic mass is 10.0. The van der Waals surface area contributed by atoms with Crippen LogP contribution in [-0.4, -0.2) is 17.3 Å². The lowest BCUT2D eigenvalue weighted by molar-refractivity contribution is 0.390. The van der Waals surface area contributed by atoms with Crippen LogP contribution >= 0.6 is 11.6 Å². The molecule has 1 heterocycles. The van der Waals surface area contributed by atoms with Crippen molar-refractivity contribution in [2.45, 2.75) is 12.5 Å². The van der Waals surface area contributed by atoms with Gasteiger partial charge in [0.15, 0.2) is 0 Å². The molecular formula is C13H14ClN3O. The molecule has 0 amide bonds. The molecule has 2 aromatic rings. The van der Waals surface area contributed by atoms with Gasteiger partial charge in [-0.25, -0.2) is 0 Å². The maximum Gasteiger partial charge on any atom is 0.233 e. The number of benzene rings is 1. The molecule has 1 aromatic heterocycles. The second kappa shape index (κ2) is 5.80. The van der Waals surface area contributed by atoms with E-state index in [2.05, 4.69) is 10.2 Å². The average Bonchev–Trinajstić information content (AvgIpc) is 2.41. The Kier molecular flexibility index (Phi) is 4.12. The highest BCUT2D eigenvalue weighted by Crippen LogP contribution is 2.21. The third-order valence-corrected chi connectivity index (χ3v) is 3.02. The van der Waals surface area contributed by atoms with E-state index in [0.29, 0.717) is 12.3 Å². The van der Waals surface area contributed by atoms with Gasteiger partial charge in [0.05, 0.1) is 18.8 Å². The molecule has 1 unspecified atom stereocenters. The van der Waals surface area contributed by atoms with E-state index in [-0.39, 0.29) is 6.04 Å². The summed E-state index contributed by atoms with van der Waals surface area (Å²) in [4.78, 5) is 0. The van der Waals surface area contributed by atoms with Gasteiger partial charge in [0.1, 0.15) is 0 Å². The minimum Gasteiger partial charge on any atom is -0.480 e. The van der Waals surface area contributed by atoms with Gasteiger partial charge in [-0.15, -0.1) is 5.10 Å². The van der Waals surface area contributed by atoms with Gasteiger partial charge in [-0.2, -0.15) is 5.10 Å². The predicted octanol–water partition coefficient (Wildman–Crippen LogP) is 2.38. The zero-order valence-corrected chi connectivity index (χ0v) is 10.8. The molecular weight excluding hydrogens is 250 g/mol. The average molecular weight is 264 g/mol. The number of ether oxygens (including phenoxy) is 1. The standard InChI is InChI=1S/C13H14ClN3O/c1-18-13-7-6-12(16-17-13)11(15)8-9-4-2-3-5-10(9)14/h2-7,11H,8,15H2,1H3. The van der Waals surface area contributed by atoms with Crippen LogP contribution in [0.15, 0.2) is 36.4 Å². The molecule has 4 nitrogen and oxygen atoms in total. The lowest BCUT2D eigenvalue weighted by Crippen LogP contribution is -2.15. The largest absolute Gasteiger partial charge is 0.480 e. The van der Waals surface area contributed by atoms with Gasteiger partial charge in [-0.1, -0.05) is 29.8 Å². The van der Waals surface area contributed by atoms with Crippen molar-refractivity contribution < 1.29 is 4.74 Å². The zero-order chi connectivity index (χ0) is 13.0. The highest BCUT2D eigenvalue weighted by atomic mass is 35.5. The van der Waals surface area contributed by atoms with Gasteiger partial charge in [-0.05, 0) is 24.1 Å². The quantitative estimate of drug-likeness (QED) is 0.920. The topological polar surface area (TPSA) is 61.0 Å². The summed E-state index contributed by atoms with van der Waals surface area (Å²) in [5.41, 5.74) is 7.81. The molecule has 5 heteroatoms. The minimum absolute atomic E-state index is 0.233. The fourth-order valence-corrected chi connectivity index (χ4v) is 1.86. The van der Waals surface area contributed by atoms with Gasteiger partial charge in [0.2, 0.25) is 5.88 Å². The monoisotopic (exact) mass is 263 g/mol. The summed E-state index contributed by atoms with van der Waals surface area (Å²) in [7, 11) is 1.55. The molecule has 1 atom stereocenters. The Balaban J connectivity index is 2.11. The summed E-state index contributed by atoms with van der Waals surface area (Å²) in [6.45, 7) is 0. The smallest absolute Gasteiger partial charge is 0.233 e. The Hall–Kier alpha value is -1.65. The minimum atomic E-state index is -0.233. The third-order valence-electron chi connectivity index (χ3n) is 2.65. The van der Waals surface area contributed by atoms with Crippen molar-refractivity contribution in [3.63, 3.8) is 0 Å². The van der Waals surface area contributed by atoms with Gasteiger partial charge in [-0.3, -0.25) is 0 Å². The van der Waals surface area contributed by atoms with Crippen molar-refractivity contribution >= 4 is 11.6 Å². The van der Waals surface area contributed by atoms with E-state index in [4.69, 9.17) is 22.1 Å². The number of nitrogens with two attached hydrogens (primary N) is 1. The Labute approximate surface area is 111 Å². The Bertz CT molecular complexity index is 516. The molecule has 0 bridgehead atoms. The van der Waals surface area contributed by atoms with Crippen molar-refractivity contribution in [1.82, 2.24) is 10.2 Å². The van der Waals surface area contributed by atoms with E-state index in [1.807, 2.05) is 30.3 Å². The van der Waals surface area contributed by atoms with Crippen LogP contribution in [0.2, 0.25) is 5.02 Å². The molecule has 0 saturated carbocycles. The summed E-state index contributed by atoms with van der Waals surface area (Å²) in [5.74, 6) is 0.476. The van der Waals surface area contributed by atoms with E-state index in [1.54, 1.807) is 13.2 Å². The number of hydrogen-bond acceptors (Lipinski definition) is 4. The first-order chi connectivity index (χ1) is 8.70. The predicted molar refractivity (Wildman–Crippen MR) is 70.7 cm³/mol. The first-order valence-electron chi connectivity index (χ1n) is 5.57. The molecule has 2 rings (SSSR count). The molecule has 2 N–H and O–H groups in total. The fraction of sp³-hybridized carbons (Fsp3) is 0.231. The van der Waals surface area contributed by atoms with Crippen molar-refractivity contribution in [3.05, 3.63) is 52.7 Å². The summed E-state index contributed by atoms with van der Waals surface area (Å²) >= 11 is 6.09. The molecule has 0 saturated heterocycles. The second-order valence-electron chi connectivity index (χ2n) is 3.90. The van der Waals surface area contributed by atoms with Crippen LogP contribution in [0, 0.1) is 0 Å². The number of methoxy groups -OCH3 is 1. The zero-order valence-electron chi connectivity index (χ0n) is 10.0. The van der Waals surface area contributed by atoms with E-state index < -0.39 is 0 Å². The van der Waals surface area contributed by atoms with E-state index in [1.165, 1.54) is 0 Å². The van der Waals surface area contributed by atoms with Gasteiger partial charge in [0, 0.05) is 11.1 Å². The van der Waals surface area contributed by atoms with Crippen LogP contribution in [0.5, 0.6) is 5.88 Å². The Morgan fingerprint density at radius 1 is 1.22 bits per heavy atom. The van der Waals surface area contributed by atoms with Crippen LogP contribution in [0.4, 0.5) is 0 Å². The fourth-order valence-electron chi connectivity index (χ4n) is 1.64. The van der Waals surface area contributed by atoms with Crippen LogP contribution in [0.3, 0.4) is 0 Å². The normalized spacial score (nSPS) is 12.2. The molecule has 18 heavy (non-hydrogen) atoms. The van der Waals surface area contributed by atoms with Crippen molar-refractivity contribution in [3.8, 4) is 5.88 Å². The number of hydrogen-bond donors (Lipinski definition) is 1. The van der Waals surface area contributed by atoms with E-state index in [9.17, 15) is 0 Å². The molecule has 94 valence electrons. The molecule has 0 fully saturated rings. The highest BCUT2D eigenvalue weighted by Gasteiger charge is 2.11. The Morgan fingerprint density at radius 2 is 2.00 bits per heavy atom. The van der Waals surface area contributed by atoms with Gasteiger partial charge >= 0.3 is 0 Å². The molecule has 0 aliphatic heterocycles. The maximum absolute atomic E-state index is 6.09. The SMILES string of the molecule is COc1ccc(C(N)Cc2ccccc2Cl)nn1. The van der Waals surface area contributed by atoms with Gasteiger partial charge in [0.25, 0.3) is 0 Å². The number of nitrogens with zero attached hydrogens (tertiary/aromatic N) is 2. The maximum atomic E-state index is 6.09. The Morgan fingerprint density at radius 3 is 2.61 bits per heavy atom. The van der Waals surface area contributed by atoms with Crippen molar-refractivity contribution in [2.75, 3.05) is 7.11 Å². The van der Waals surface area contributed by atoms with Gasteiger partial charge < -0.3 is 10.5 Å². The van der Waals surface area contributed by atoms with Crippen molar-refractivity contribution in [2.24, 2.45) is 5.73 Å². The summed E-state index contributed by atoms with van der Waals surface area (Å²) in [6, 6.07) is 11.0. The highest BCUT2D eigenvalue weighted by molar-refractivity contribution is 6.31.